The fourth-order valence-corrected chi connectivity index (χ4v) is 4.50. The molecule has 1 N–H and O–H groups in total. The Morgan fingerprint density at radius 2 is 1.31 bits per heavy atom. The molecule has 1 aromatic rings. The van der Waals surface area contributed by atoms with Crippen LogP contribution in [0.4, 0.5) is 0 Å². The molecule has 0 radical (unpaired) electrons. The second-order valence-corrected chi connectivity index (χ2v) is 10.6. The predicted octanol–water partition coefficient (Wildman–Crippen LogP) is 7.07. The van der Waals surface area contributed by atoms with Crippen LogP contribution in [0.15, 0.2) is 17.1 Å². The van der Waals surface area contributed by atoms with Gasteiger partial charge in [-0.15, -0.1) is 0 Å². The van der Waals surface area contributed by atoms with Gasteiger partial charge in [-0.2, -0.15) is 0 Å². The second-order valence-electron chi connectivity index (χ2n) is 10.6. The van der Waals surface area contributed by atoms with E-state index < -0.39 is 0 Å². The van der Waals surface area contributed by atoms with E-state index in [-0.39, 0.29) is 5.43 Å². The molecule has 0 saturated carbocycles. The zero-order valence-electron chi connectivity index (χ0n) is 23.7. The lowest BCUT2D eigenvalue weighted by Crippen LogP contribution is -2.23. The van der Waals surface area contributed by atoms with Crippen molar-refractivity contribution in [3.63, 3.8) is 0 Å². The number of rotatable bonds is 24. The van der Waals surface area contributed by atoms with Crippen LogP contribution < -0.4 is 15.5 Å². The average molecular weight is 492 g/mol. The van der Waals surface area contributed by atoms with E-state index in [9.17, 15) is 4.79 Å². The number of nitrogens with one attached hydrogen (secondary N) is 1. The summed E-state index contributed by atoms with van der Waals surface area (Å²) in [6.07, 6.45) is 24.7. The van der Waals surface area contributed by atoms with E-state index >= 15 is 0 Å². The zero-order chi connectivity index (χ0) is 25.6. The minimum atomic E-state index is -0.00955. The second kappa shape index (κ2) is 21.9. The average Bonchev–Trinajstić information content (AvgIpc) is 2.83. The van der Waals surface area contributed by atoms with Gasteiger partial charge in [0, 0.05) is 25.4 Å². The summed E-state index contributed by atoms with van der Waals surface area (Å²) in [6.45, 7) is 5.64. The highest BCUT2D eigenvalue weighted by Gasteiger charge is 2.06. The number of aromatic nitrogens is 1. The van der Waals surface area contributed by atoms with Crippen LogP contribution in [0.5, 0.6) is 5.75 Å². The lowest BCUT2D eigenvalue weighted by atomic mass is 10.0. The van der Waals surface area contributed by atoms with Gasteiger partial charge in [-0.05, 0) is 40.0 Å². The van der Waals surface area contributed by atoms with E-state index in [0.717, 1.165) is 31.6 Å². The maximum atomic E-state index is 12.4. The summed E-state index contributed by atoms with van der Waals surface area (Å²) in [6, 6.07) is 1.71. The van der Waals surface area contributed by atoms with E-state index in [2.05, 4.69) is 31.2 Å². The molecule has 35 heavy (non-hydrogen) atoms. The molecule has 0 aliphatic rings. The Hall–Kier alpha value is -1.33. The summed E-state index contributed by atoms with van der Waals surface area (Å²) < 4.78 is 7.81. The molecule has 0 unspecified atom stereocenters. The molecule has 204 valence electrons. The molecule has 0 fully saturated rings. The first-order chi connectivity index (χ1) is 17.0. The molecule has 0 spiro atoms. The van der Waals surface area contributed by atoms with E-state index in [1.54, 1.807) is 6.07 Å². The molecule has 0 saturated heterocycles. The third-order valence-corrected chi connectivity index (χ3v) is 6.82. The van der Waals surface area contributed by atoms with Gasteiger partial charge in [0.05, 0.1) is 12.8 Å². The molecule has 0 aliphatic carbocycles. The Kier molecular flexibility index (Phi) is 19.8. The molecule has 0 aliphatic heterocycles. The highest BCUT2D eigenvalue weighted by Crippen LogP contribution is 2.14. The van der Waals surface area contributed by atoms with Gasteiger partial charge in [-0.3, -0.25) is 4.79 Å². The highest BCUT2D eigenvalue weighted by molar-refractivity contribution is 5.21. The number of hydrogen-bond donors (Lipinski definition) is 1. The summed E-state index contributed by atoms with van der Waals surface area (Å²) >= 11 is 0. The molecule has 0 atom stereocenters. The number of nitrogens with zero attached hydrogens (tertiary/aromatic N) is 2. The molecule has 0 amide bonds. The Morgan fingerprint density at radius 1 is 0.800 bits per heavy atom. The lowest BCUT2D eigenvalue weighted by Gasteiger charge is -2.13. The maximum absolute atomic E-state index is 12.4. The van der Waals surface area contributed by atoms with Crippen molar-refractivity contribution in [3.8, 4) is 5.75 Å². The first-order valence-corrected chi connectivity index (χ1v) is 14.7. The van der Waals surface area contributed by atoms with Crippen molar-refractivity contribution >= 4 is 0 Å². The van der Waals surface area contributed by atoms with Gasteiger partial charge >= 0.3 is 0 Å². The summed E-state index contributed by atoms with van der Waals surface area (Å²) in [4.78, 5) is 14.6. The van der Waals surface area contributed by atoms with E-state index in [1.165, 1.54) is 96.3 Å². The van der Waals surface area contributed by atoms with Crippen LogP contribution in [0.1, 0.15) is 122 Å². The monoisotopic (exact) mass is 491 g/mol. The number of hydrogen-bond acceptors (Lipinski definition) is 4. The van der Waals surface area contributed by atoms with Crippen molar-refractivity contribution in [2.24, 2.45) is 7.05 Å². The van der Waals surface area contributed by atoms with Gasteiger partial charge in [0.15, 0.2) is 5.75 Å². The number of unbranched alkanes of at least 4 members (excludes halogenated alkanes) is 15. The predicted molar refractivity (Wildman–Crippen MR) is 152 cm³/mol. The molecule has 0 bridgehead atoms. The highest BCUT2D eigenvalue weighted by atomic mass is 16.5. The van der Waals surface area contributed by atoms with Crippen LogP contribution in [0.3, 0.4) is 0 Å². The molecule has 1 heterocycles. The molecule has 1 aromatic heterocycles. The fraction of sp³-hybridized carbons (Fsp3) is 0.833. The number of aryl methyl sites for hydroxylation is 1. The van der Waals surface area contributed by atoms with Crippen LogP contribution in [-0.2, 0) is 13.6 Å². The first kappa shape index (κ1) is 31.7. The van der Waals surface area contributed by atoms with Gasteiger partial charge in [0.1, 0.15) is 0 Å². The third kappa shape index (κ3) is 17.7. The van der Waals surface area contributed by atoms with Crippen molar-refractivity contribution in [3.05, 3.63) is 28.2 Å². The topological polar surface area (TPSA) is 46.5 Å². The maximum Gasteiger partial charge on any atom is 0.223 e. The van der Waals surface area contributed by atoms with Crippen LogP contribution in [0, 0.1) is 0 Å². The van der Waals surface area contributed by atoms with Gasteiger partial charge in [-0.25, -0.2) is 0 Å². The van der Waals surface area contributed by atoms with Crippen molar-refractivity contribution in [2.45, 2.75) is 123 Å². The summed E-state index contributed by atoms with van der Waals surface area (Å²) in [5, 5.41) is 3.42. The third-order valence-electron chi connectivity index (χ3n) is 6.82. The largest absolute Gasteiger partial charge is 0.488 e. The zero-order valence-corrected chi connectivity index (χ0v) is 23.7. The standard InChI is InChI=1S/C30H57N3O2/c1-5-6-7-8-9-10-11-12-13-14-15-16-17-18-19-20-24-35-30-27-33(4)28(25-29(30)34)26-31-22-21-23-32(2)3/h25,27,31H,5-24,26H2,1-4H3. The minimum absolute atomic E-state index is 0.00955. The van der Waals surface area contributed by atoms with Crippen molar-refractivity contribution in [1.82, 2.24) is 14.8 Å². The Bertz CT molecular complexity index is 672. The Morgan fingerprint density at radius 3 is 1.83 bits per heavy atom. The summed E-state index contributed by atoms with van der Waals surface area (Å²) in [5.41, 5.74) is 0.985. The van der Waals surface area contributed by atoms with E-state index in [1.807, 2.05) is 17.8 Å². The van der Waals surface area contributed by atoms with Crippen LogP contribution >= 0.6 is 0 Å². The van der Waals surface area contributed by atoms with Gasteiger partial charge in [0.25, 0.3) is 0 Å². The van der Waals surface area contributed by atoms with Crippen LogP contribution in [0.25, 0.3) is 0 Å². The lowest BCUT2D eigenvalue weighted by molar-refractivity contribution is 0.299. The molecule has 5 nitrogen and oxygen atoms in total. The first-order valence-electron chi connectivity index (χ1n) is 14.7. The molecule has 5 heteroatoms. The molecular weight excluding hydrogens is 434 g/mol. The fourth-order valence-electron chi connectivity index (χ4n) is 4.50. The van der Waals surface area contributed by atoms with E-state index in [4.69, 9.17) is 4.74 Å². The number of ether oxygens (including phenoxy) is 1. The van der Waals surface area contributed by atoms with E-state index in [0.29, 0.717) is 18.9 Å². The molecular formula is C30H57N3O2. The Labute approximate surface area is 217 Å². The molecule has 0 aromatic carbocycles. The van der Waals surface area contributed by atoms with Crippen LogP contribution in [-0.4, -0.2) is 43.3 Å². The van der Waals surface area contributed by atoms with Gasteiger partial charge < -0.3 is 19.5 Å². The summed E-state index contributed by atoms with van der Waals surface area (Å²) in [7, 11) is 6.16. The smallest absolute Gasteiger partial charge is 0.223 e. The van der Waals surface area contributed by atoms with Crippen LogP contribution in [0.2, 0.25) is 0 Å². The Balaban J connectivity index is 1.99. The minimum Gasteiger partial charge on any atom is -0.488 e. The van der Waals surface area contributed by atoms with Crippen molar-refractivity contribution < 1.29 is 4.74 Å². The van der Waals surface area contributed by atoms with Crippen molar-refractivity contribution in [2.75, 3.05) is 33.8 Å². The van der Waals surface area contributed by atoms with Gasteiger partial charge in [0.2, 0.25) is 5.43 Å². The van der Waals surface area contributed by atoms with Gasteiger partial charge in [-0.1, -0.05) is 103 Å². The summed E-state index contributed by atoms with van der Waals surface area (Å²) in [5.74, 6) is 0.477. The van der Waals surface area contributed by atoms with Crippen molar-refractivity contribution in [1.29, 1.82) is 0 Å². The SMILES string of the molecule is CCCCCCCCCCCCCCCCCCOc1cn(C)c(CNCCCN(C)C)cc1=O. The normalized spacial score (nSPS) is 11.5. The number of pyridine rings is 1. The molecule has 1 rings (SSSR count). The quantitative estimate of drug-likeness (QED) is 0.157.